The Morgan fingerprint density at radius 3 is 1.32 bits per heavy atom. The van der Waals surface area contributed by atoms with Crippen LogP contribution < -0.4 is 9.47 Å². The van der Waals surface area contributed by atoms with Gasteiger partial charge in [0.25, 0.3) is 0 Å². The Morgan fingerprint density at radius 2 is 0.871 bits per heavy atom. The van der Waals surface area contributed by atoms with Crippen LogP contribution in [0, 0.1) is 0 Å². The first kappa shape index (κ1) is 20.1. The Hall–Kier alpha value is -4.18. The number of hydrogen-bond donors (Lipinski definition) is 0. The molecule has 0 aliphatic rings. The molecular weight excluding hydrogens is 384 g/mol. The topological polar surface area (TPSA) is 43.2 Å². The highest BCUT2D eigenvalue weighted by molar-refractivity contribution is 5.86. The van der Waals surface area contributed by atoms with Crippen LogP contribution in [0.25, 0.3) is 0 Å². The van der Waals surface area contributed by atoms with E-state index in [0.29, 0.717) is 11.5 Å². The van der Waals surface area contributed by atoms with Crippen molar-refractivity contribution in [1.82, 2.24) is 0 Å². The average molecular weight is 406 g/mol. The normalized spacial score (nSPS) is 11.1. The van der Waals surface area contributed by atoms with Crippen LogP contribution in [0.15, 0.2) is 119 Å². The summed E-state index contributed by atoms with van der Waals surface area (Å²) < 4.78 is 11.8. The monoisotopic (exact) mass is 406 g/mol. The molecule has 0 bridgehead atoms. The molecule has 152 valence electrons. The Labute approximate surface area is 182 Å². The number of benzene rings is 4. The lowest BCUT2D eigenvalue weighted by atomic mass is 10.2. The zero-order valence-corrected chi connectivity index (χ0v) is 17.0. The molecule has 0 saturated heterocycles. The fourth-order valence-electron chi connectivity index (χ4n) is 2.91. The van der Waals surface area contributed by atoms with Gasteiger partial charge in [-0.15, -0.1) is 0 Å². The van der Waals surface area contributed by atoms with E-state index in [4.69, 9.17) is 9.47 Å². The maximum absolute atomic E-state index is 5.89. The quantitative estimate of drug-likeness (QED) is 0.244. The van der Waals surface area contributed by atoms with Crippen molar-refractivity contribution in [1.29, 1.82) is 0 Å². The maximum atomic E-state index is 5.89. The number of aliphatic imine (C=N–C) groups is 2. The van der Waals surface area contributed by atoms with Crippen molar-refractivity contribution in [3.63, 3.8) is 0 Å². The van der Waals surface area contributed by atoms with Crippen molar-refractivity contribution in [3.8, 4) is 11.5 Å². The van der Waals surface area contributed by atoms with Gasteiger partial charge >= 0.3 is 0 Å². The van der Waals surface area contributed by atoms with Gasteiger partial charge in [0.05, 0.1) is 11.4 Å². The summed E-state index contributed by atoms with van der Waals surface area (Å²) in [5.41, 5.74) is 3.54. The highest BCUT2D eigenvalue weighted by Crippen LogP contribution is 2.21. The Kier molecular flexibility index (Phi) is 6.85. The van der Waals surface area contributed by atoms with Crippen LogP contribution in [0.3, 0.4) is 0 Å². The molecule has 4 aromatic carbocycles. The number of para-hydroxylation sites is 4. The van der Waals surface area contributed by atoms with Gasteiger partial charge in [0.15, 0.2) is 0 Å². The van der Waals surface area contributed by atoms with Gasteiger partial charge in [0.1, 0.15) is 11.5 Å². The molecule has 4 nitrogen and oxygen atoms in total. The van der Waals surface area contributed by atoms with Crippen molar-refractivity contribution in [3.05, 3.63) is 120 Å². The van der Waals surface area contributed by atoms with E-state index in [0.717, 1.165) is 22.5 Å². The lowest BCUT2D eigenvalue weighted by Gasteiger charge is -2.12. The standard InChI is InChI=1S/C27H22N2O2/c1-3-13-24(14-4-1)28-19-22-11-7-9-17-26(22)30-21-31-27-18-10-8-12-23(27)20-29-25-15-5-2-6-16-25/h1-20H,21H2. The van der Waals surface area contributed by atoms with Gasteiger partial charge in [0, 0.05) is 23.6 Å². The molecule has 0 amide bonds. The van der Waals surface area contributed by atoms with Crippen molar-refractivity contribution < 1.29 is 9.47 Å². The second kappa shape index (κ2) is 10.6. The highest BCUT2D eigenvalue weighted by Gasteiger charge is 2.04. The van der Waals surface area contributed by atoms with E-state index in [2.05, 4.69) is 9.98 Å². The molecule has 0 heterocycles. The summed E-state index contributed by atoms with van der Waals surface area (Å²) in [4.78, 5) is 9.01. The smallest absolute Gasteiger partial charge is 0.230 e. The van der Waals surface area contributed by atoms with Crippen molar-refractivity contribution in [2.24, 2.45) is 9.98 Å². The van der Waals surface area contributed by atoms with Gasteiger partial charge in [-0.3, -0.25) is 9.98 Å². The minimum atomic E-state index is 0.0758. The molecule has 0 aliphatic heterocycles. The van der Waals surface area contributed by atoms with E-state index in [1.165, 1.54) is 0 Å². The van der Waals surface area contributed by atoms with Crippen LogP contribution in [-0.4, -0.2) is 19.2 Å². The van der Waals surface area contributed by atoms with Crippen LogP contribution in [0.1, 0.15) is 11.1 Å². The molecular formula is C27H22N2O2. The van der Waals surface area contributed by atoms with Crippen LogP contribution in [0.4, 0.5) is 11.4 Å². The summed E-state index contributed by atoms with van der Waals surface area (Å²) in [5, 5.41) is 0. The Morgan fingerprint density at radius 1 is 0.484 bits per heavy atom. The van der Waals surface area contributed by atoms with E-state index in [1.807, 2.05) is 109 Å². The molecule has 0 radical (unpaired) electrons. The van der Waals surface area contributed by atoms with Crippen molar-refractivity contribution in [2.75, 3.05) is 6.79 Å². The van der Waals surface area contributed by atoms with Gasteiger partial charge in [0.2, 0.25) is 6.79 Å². The number of hydrogen-bond acceptors (Lipinski definition) is 4. The van der Waals surface area contributed by atoms with E-state index in [1.54, 1.807) is 12.4 Å². The summed E-state index contributed by atoms with van der Waals surface area (Å²) in [7, 11) is 0. The molecule has 0 aromatic heterocycles. The third-order valence-corrected chi connectivity index (χ3v) is 4.48. The minimum absolute atomic E-state index is 0.0758. The third-order valence-electron chi connectivity index (χ3n) is 4.48. The molecule has 0 aliphatic carbocycles. The summed E-state index contributed by atoms with van der Waals surface area (Å²) in [6, 6.07) is 35.1. The largest absolute Gasteiger partial charge is 0.457 e. The lowest BCUT2D eigenvalue weighted by Crippen LogP contribution is -2.08. The molecule has 0 saturated carbocycles. The molecule has 0 fully saturated rings. The zero-order chi connectivity index (χ0) is 21.1. The molecule has 4 aromatic rings. The fraction of sp³-hybridized carbons (Fsp3) is 0.0370. The average Bonchev–Trinajstić information content (AvgIpc) is 2.84. The van der Waals surface area contributed by atoms with E-state index >= 15 is 0 Å². The van der Waals surface area contributed by atoms with Crippen LogP contribution in [0.2, 0.25) is 0 Å². The first-order chi connectivity index (χ1) is 15.4. The van der Waals surface area contributed by atoms with Crippen molar-refractivity contribution >= 4 is 23.8 Å². The Balaban J connectivity index is 1.41. The minimum Gasteiger partial charge on any atom is -0.457 e. The summed E-state index contributed by atoms with van der Waals surface area (Å²) in [5.74, 6) is 1.41. The predicted octanol–water partition coefficient (Wildman–Crippen LogP) is 6.60. The van der Waals surface area contributed by atoms with Gasteiger partial charge in [-0.25, -0.2) is 0 Å². The highest BCUT2D eigenvalue weighted by atomic mass is 16.7. The van der Waals surface area contributed by atoms with Gasteiger partial charge < -0.3 is 9.47 Å². The van der Waals surface area contributed by atoms with Crippen LogP contribution in [-0.2, 0) is 0 Å². The second-order valence-corrected chi connectivity index (χ2v) is 6.67. The molecule has 4 rings (SSSR count). The van der Waals surface area contributed by atoms with Gasteiger partial charge in [-0.1, -0.05) is 60.7 Å². The van der Waals surface area contributed by atoms with E-state index in [-0.39, 0.29) is 6.79 Å². The van der Waals surface area contributed by atoms with E-state index in [9.17, 15) is 0 Å². The van der Waals surface area contributed by atoms with Crippen LogP contribution >= 0.6 is 0 Å². The molecule has 0 atom stereocenters. The van der Waals surface area contributed by atoms with Gasteiger partial charge in [-0.2, -0.15) is 0 Å². The fourth-order valence-corrected chi connectivity index (χ4v) is 2.91. The summed E-state index contributed by atoms with van der Waals surface area (Å²) in [6.07, 6.45) is 3.59. The summed E-state index contributed by atoms with van der Waals surface area (Å²) >= 11 is 0. The molecule has 4 heteroatoms. The lowest BCUT2D eigenvalue weighted by molar-refractivity contribution is 0.119. The van der Waals surface area contributed by atoms with Crippen LogP contribution in [0.5, 0.6) is 11.5 Å². The summed E-state index contributed by atoms with van der Waals surface area (Å²) in [6.45, 7) is 0.0758. The van der Waals surface area contributed by atoms with Crippen molar-refractivity contribution in [2.45, 2.75) is 0 Å². The second-order valence-electron chi connectivity index (χ2n) is 6.67. The Bertz CT molecular complexity index is 1060. The maximum Gasteiger partial charge on any atom is 0.230 e. The molecule has 0 N–H and O–H groups in total. The molecule has 0 unspecified atom stereocenters. The third kappa shape index (κ3) is 5.90. The number of nitrogens with zero attached hydrogens (tertiary/aromatic N) is 2. The molecule has 31 heavy (non-hydrogen) atoms. The first-order valence-electron chi connectivity index (χ1n) is 10.0. The van der Waals surface area contributed by atoms with E-state index < -0.39 is 0 Å². The number of rotatable bonds is 8. The number of ether oxygens (including phenoxy) is 2. The van der Waals surface area contributed by atoms with Gasteiger partial charge in [-0.05, 0) is 48.5 Å². The first-order valence-corrected chi connectivity index (χ1v) is 10.0. The SMILES string of the molecule is C(=Nc1ccccc1)c1ccccc1OCOc1ccccc1C=Nc1ccccc1. The molecule has 0 spiro atoms. The predicted molar refractivity (Wildman–Crippen MR) is 126 cm³/mol. The zero-order valence-electron chi connectivity index (χ0n) is 17.0.